The third-order valence-corrected chi connectivity index (χ3v) is 5.02. The number of rotatable bonds is 5. The first-order valence-corrected chi connectivity index (χ1v) is 8.99. The number of guanidine groups is 1. The number of aliphatic imine (C=N–C) groups is 1. The molecule has 3 heterocycles. The average molecular weight is 460 g/mol. The van der Waals surface area contributed by atoms with Crippen LogP contribution in [0.25, 0.3) is 0 Å². The van der Waals surface area contributed by atoms with Crippen LogP contribution in [0.3, 0.4) is 0 Å². The molecule has 2 aromatic heterocycles. The van der Waals surface area contributed by atoms with Gasteiger partial charge < -0.3 is 10.6 Å². The number of aryl methyl sites for hydroxylation is 1. The highest BCUT2D eigenvalue weighted by Crippen LogP contribution is 2.14. The molecule has 0 bridgehead atoms. The average Bonchev–Trinajstić information content (AvgIpc) is 3.22. The highest BCUT2D eigenvalue weighted by Gasteiger charge is 2.20. The van der Waals surface area contributed by atoms with E-state index in [1.807, 2.05) is 23.1 Å². The second kappa shape index (κ2) is 9.36. The number of halogens is 1. The quantitative estimate of drug-likeness (QED) is 0.409. The van der Waals surface area contributed by atoms with E-state index in [0.717, 1.165) is 44.1 Å². The first-order chi connectivity index (χ1) is 11.2. The fourth-order valence-corrected chi connectivity index (χ4v) is 3.73. The summed E-state index contributed by atoms with van der Waals surface area (Å²) in [5.74, 6) is 2.52. The van der Waals surface area contributed by atoms with Crippen LogP contribution in [0.2, 0.25) is 0 Å². The first kappa shape index (κ1) is 19.2. The SMILES string of the molecule is CN=C(NCC(C)Cc1cccs1)NC1CCc2ncnn2C1.I. The molecular formula is C16H25IN6S. The molecule has 1 aliphatic heterocycles. The molecule has 0 saturated heterocycles. The Kier molecular flexibility index (Phi) is 7.47. The van der Waals surface area contributed by atoms with Gasteiger partial charge in [-0.25, -0.2) is 9.67 Å². The van der Waals surface area contributed by atoms with E-state index in [0.29, 0.717) is 12.0 Å². The lowest BCUT2D eigenvalue weighted by atomic mass is 10.1. The minimum Gasteiger partial charge on any atom is -0.356 e. The third kappa shape index (κ3) is 5.17. The topological polar surface area (TPSA) is 67.1 Å². The van der Waals surface area contributed by atoms with Crippen molar-refractivity contribution in [3.8, 4) is 0 Å². The molecule has 3 rings (SSSR count). The van der Waals surface area contributed by atoms with Crippen LogP contribution >= 0.6 is 35.3 Å². The Balaban J connectivity index is 0.00000208. The van der Waals surface area contributed by atoms with Gasteiger partial charge in [-0.15, -0.1) is 35.3 Å². The monoisotopic (exact) mass is 460 g/mol. The van der Waals surface area contributed by atoms with Gasteiger partial charge in [-0.05, 0) is 30.2 Å². The van der Waals surface area contributed by atoms with E-state index in [2.05, 4.69) is 50.1 Å². The van der Waals surface area contributed by atoms with Crippen molar-refractivity contribution < 1.29 is 0 Å². The lowest BCUT2D eigenvalue weighted by Crippen LogP contribution is -2.48. The minimum atomic E-state index is 0. The number of fused-ring (bicyclic) bond motifs is 1. The summed E-state index contributed by atoms with van der Waals surface area (Å²) in [4.78, 5) is 10.0. The molecule has 0 fully saturated rings. The fraction of sp³-hybridized carbons (Fsp3) is 0.562. The normalized spacial score (nSPS) is 18.4. The summed E-state index contributed by atoms with van der Waals surface area (Å²) in [6, 6.07) is 4.66. The molecule has 132 valence electrons. The fourth-order valence-electron chi connectivity index (χ4n) is 2.86. The zero-order valence-corrected chi connectivity index (χ0v) is 17.3. The van der Waals surface area contributed by atoms with Crippen LogP contribution in [0.1, 0.15) is 24.0 Å². The summed E-state index contributed by atoms with van der Waals surface area (Å²) in [6.07, 6.45) is 4.76. The van der Waals surface area contributed by atoms with Gasteiger partial charge in [-0.1, -0.05) is 13.0 Å². The van der Waals surface area contributed by atoms with E-state index in [-0.39, 0.29) is 24.0 Å². The van der Waals surface area contributed by atoms with E-state index >= 15 is 0 Å². The number of nitrogens with zero attached hydrogens (tertiary/aromatic N) is 4. The van der Waals surface area contributed by atoms with Gasteiger partial charge in [0.25, 0.3) is 0 Å². The van der Waals surface area contributed by atoms with E-state index in [4.69, 9.17) is 0 Å². The molecule has 0 amide bonds. The largest absolute Gasteiger partial charge is 0.356 e. The molecule has 0 spiro atoms. The number of nitrogens with one attached hydrogen (secondary N) is 2. The van der Waals surface area contributed by atoms with Crippen molar-refractivity contribution in [1.82, 2.24) is 25.4 Å². The second-order valence-corrected chi connectivity index (χ2v) is 7.11. The summed E-state index contributed by atoms with van der Waals surface area (Å²) in [5.41, 5.74) is 0. The Morgan fingerprint density at radius 2 is 2.42 bits per heavy atom. The number of hydrogen-bond donors (Lipinski definition) is 2. The predicted molar refractivity (Wildman–Crippen MR) is 109 cm³/mol. The Hall–Kier alpha value is -1.16. The maximum Gasteiger partial charge on any atom is 0.191 e. The van der Waals surface area contributed by atoms with Crippen molar-refractivity contribution in [3.05, 3.63) is 34.5 Å². The molecule has 0 radical (unpaired) electrons. The van der Waals surface area contributed by atoms with E-state index in [9.17, 15) is 0 Å². The predicted octanol–water partition coefficient (Wildman–Crippen LogP) is 2.32. The van der Waals surface area contributed by atoms with Gasteiger partial charge in [0.15, 0.2) is 5.96 Å². The molecule has 2 aromatic rings. The zero-order chi connectivity index (χ0) is 16.1. The standard InChI is InChI=1S/C16H24N6S.HI/c1-12(8-14-4-3-7-23-14)9-18-16(17-2)21-13-5-6-15-19-11-20-22(15)10-13;/h3-4,7,11-13H,5-6,8-10H2,1-2H3,(H2,17,18,21);1H. The maximum absolute atomic E-state index is 4.35. The van der Waals surface area contributed by atoms with Crippen LogP contribution < -0.4 is 10.6 Å². The maximum atomic E-state index is 4.35. The number of hydrogen-bond acceptors (Lipinski definition) is 4. The van der Waals surface area contributed by atoms with Crippen LogP contribution in [-0.4, -0.2) is 40.4 Å². The zero-order valence-electron chi connectivity index (χ0n) is 14.1. The van der Waals surface area contributed by atoms with Crippen molar-refractivity contribution in [2.45, 2.75) is 38.8 Å². The summed E-state index contributed by atoms with van der Waals surface area (Å²) >= 11 is 1.82. The van der Waals surface area contributed by atoms with Crippen molar-refractivity contribution >= 4 is 41.3 Å². The van der Waals surface area contributed by atoms with Gasteiger partial charge in [0, 0.05) is 30.9 Å². The van der Waals surface area contributed by atoms with Crippen molar-refractivity contribution in [2.24, 2.45) is 10.9 Å². The highest BCUT2D eigenvalue weighted by atomic mass is 127. The van der Waals surface area contributed by atoms with Gasteiger partial charge >= 0.3 is 0 Å². The molecule has 8 heteroatoms. The van der Waals surface area contributed by atoms with Crippen molar-refractivity contribution in [2.75, 3.05) is 13.6 Å². The van der Waals surface area contributed by atoms with Crippen LogP contribution in [0, 0.1) is 5.92 Å². The summed E-state index contributed by atoms with van der Waals surface area (Å²) in [6.45, 7) is 4.03. The molecule has 0 aliphatic carbocycles. The Labute approximate surface area is 164 Å². The van der Waals surface area contributed by atoms with Gasteiger partial charge in [0.2, 0.25) is 0 Å². The molecule has 1 aliphatic rings. The van der Waals surface area contributed by atoms with E-state index < -0.39 is 0 Å². The highest BCUT2D eigenvalue weighted by molar-refractivity contribution is 14.0. The van der Waals surface area contributed by atoms with Gasteiger partial charge in [-0.3, -0.25) is 4.99 Å². The smallest absolute Gasteiger partial charge is 0.191 e. The van der Waals surface area contributed by atoms with Crippen LogP contribution in [0.4, 0.5) is 0 Å². The molecule has 2 unspecified atom stereocenters. The summed E-state index contributed by atoms with van der Waals surface area (Å²) < 4.78 is 1.98. The van der Waals surface area contributed by atoms with Gasteiger partial charge in [0.05, 0.1) is 6.54 Å². The molecule has 2 N–H and O–H groups in total. The molecular weight excluding hydrogens is 435 g/mol. The van der Waals surface area contributed by atoms with Crippen molar-refractivity contribution in [3.63, 3.8) is 0 Å². The van der Waals surface area contributed by atoms with Gasteiger partial charge in [-0.2, -0.15) is 5.10 Å². The second-order valence-electron chi connectivity index (χ2n) is 6.08. The van der Waals surface area contributed by atoms with Crippen LogP contribution in [-0.2, 0) is 19.4 Å². The molecule has 0 saturated carbocycles. The molecule has 0 aromatic carbocycles. The lowest BCUT2D eigenvalue weighted by molar-refractivity contribution is 0.391. The Bertz CT molecular complexity index is 639. The van der Waals surface area contributed by atoms with Crippen LogP contribution in [0.15, 0.2) is 28.8 Å². The van der Waals surface area contributed by atoms with Gasteiger partial charge in [0.1, 0.15) is 12.2 Å². The summed E-state index contributed by atoms with van der Waals surface area (Å²) in [5, 5.41) is 13.3. The number of thiophene rings is 1. The van der Waals surface area contributed by atoms with E-state index in [1.54, 1.807) is 6.33 Å². The third-order valence-electron chi connectivity index (χ3n) is 4.12. The Morgan fingerprint density at radius 3 is 3.17 bits per heavy atom. The molecule has 2 atom stereocenters. The number of aromatic nitrogens is 3. The molecule has 24 heavy (non-hydrogen) atoms. The van der Waals surface area contributed by atoms with Crippen LogP contribution in [0.5, 0.6) is 0 Å². The molecule has 6 nitrogen and oxygen atoms in total. The Morgan fingerprint density at radius 1 is 1.54 bits per heavy atom. The first-order valence-electron chi connectivity index (χ1n) is 8.11. The summed E-state index contributed by atoms with van der Waals surface area (Å²) in [7, 11) is 1.82. The van der Waals surface area contributed by atoms with E-state index in [1.165, 1.54) is 4.88 Å². The minimum absolute atomic E-state index is 0. The lowest BCUT2D eigenvalue weighted by Gasteiger charge is -2.26. The van der Waals surface area contributed by atoms with Crippen molar-refractivity contribution in [1.29, 1.82) is 0 Å².